The number of aromatic nitrogens is 4. The molecule has 0 amide bonds. The van der Waals surface area contributed by atoms with Crippen LogP contribution in [-0.2, 0) is 13.7 Å². The lowest BCUT2D eigenvalue weighted by Crippen LogP contribution is -2.31. The molecule has 1 aliphatic rings. The zero-order valence-electron chi connectivity index (χ0n) is 13.2. The monoisotopic (exact) mass is 318 g/mol. The number of hydrogen-bond acceptors (Lipinski definition) is 5. The number of amidine groups is 1. The fourth-order valence-corrected chi connectivity index (χ4v) is 2.38. The number of piperidine rings is 1. The maximum absolute atomic E-state index is 13.9. The molecule has 1 fully saturated rings. The standard InChI is InChI=1S/C15H19FN6O/c1-21-7-4-3-5-13(21)18-14-12(16)9-17-15(19-14)23-10-11-6-8-22(2)20-11/h6,8-9H,3-5,7,10H2,1-2H3/b18-13+. The van der Waals surface area contributed by atoms with Gasteiger partial charge in [0.25, 0.3) is 0 Å². The molecule has 0 atom stereocenters. The molecule has 0 N–H and O–H groups in total. The first-order valence-corrected chi connectivity index (χ1v) is 7.54. The summed E-state index contributed by atoms with van der Waals surface area (Å²) < 4.78 is 21.0. The Kier molecular flexibility index (Phi) is 4.50. The molecule has 7 nitrogen and oxygen atoms in total. The zero-order chi connectivity index (χ0) is 16.2. The molecule has 122 valence electrons. The van der Waals surface area contributed by atoms with Crippen molar-refractivity contribution in [3.8, 4) is 6.01 Å². The lowest BCUT2D eigenvalue weighted by Gasteiger charge is -2.25. The van der Waals surface area contributed by atoms with E-state index in [1.807, 2.05) is 31.3 Å². The Hall–Kier alpha value is -2.51. The Bertz CT molecular complexity index is 714. The molecule has 8 heteroatoms. The lowest BCUT2D eigenvalue weighted by atomic mass is 10.1. The van der Waals surface area contributed by atoms with Gasteiger partial charge in [0.1, 0.15) is 12.4 Å². The zero-order valence-corrected chi connectivity index (χ0v) is 13.2. The number of ether oxygens (including phenoxy) is 1. The first-order valence-electron chi connectivity index (χ1n) is 7.54. The van der Waals surface area contributed by atoms with Crippen LogP contribution in [0.5, 0.6) is 6.01 Å². The first kappa shape index (κ1) is 15.4. The van der Waals surface area contributed by atoms with Crippen LogP contribution in [0.2, 0.25) is 0 Å². The Labute approximate surface area is 133 Å². The summed E-state index contributed by atoms with van der Waals surface area (Å²) in [6.45, 7) is 1.15. The summed E-state index contributed by atoms with van der Waals surface area (Å²) in [6, 6.07) is 1.93. The van der Waals surface area contributed by atoms with Gasteiger partial charge in [-0.05, 0) is 18.9 Å². The highest BCUT2D eigenvalue weighted by molar-refractivity contribution is 5.84. The summed E-state index contributed by atoms with van der Waals surface area (Å²) in [4.78, 5) is 14.3. The van der Waals surface area contributed by atoms with E-state index in [2.05, 4.69) is 20.1 Å². The Morgan fingerprint density at radius 1 is 1.35 bits per heavy atom. The lowest BCUT2D eigenvalue weighted by molar-refractivity contribution is 0.274. The summed E-state index contributed by atoms with van der Waals surface area (Å²) in [5.74, 6) is 0.297. The maximum atomic E-state index is 13.9. The molecular weight excluding hydrogens is 299 g/mol. The van der Waals surface area contributed by atoms with Crippen molar-refractivity contribution in [1.82, 2.24) is 24.6 Å². The van der Waals surface area contributed by atoms with Crippen molar-refractivity contribution in [3.05, 3.63) is 30.0 Å². The van der Waals surface area contributed by atoms with E-state index in [0.717, 1.165) is 43.5 Å². The van der Waals surface area contributed by atoms with Crippen molar-refractivity contribution in [2.24, 2.45) is 12.0 Å². The van der Waals surface area contributed by atoms with Gasteiger partial charge in [-0.3, -0.25) is 4.68 Å². The first-order chi connectivity index (χ1) is 11.1. The molecule has 0 bridgehead atoms. The normalized spacial score (nSPS) is 16.8. The Morgan fingerprint density at radius 3 is 2.96 bits per heavy atom. The largest absolute Gasteiger partial charge is 0.457 e. The topological polar surface area (TPSA) is 68.4 Å². The minimum Gasteiger partial charge on any atom is -0.457 e. The molecule has 1 aliphatic heterocycles. The SMILES string of the molecule is CN1CCCC/C1=N\c1nc(OCc2ccn(C)n2)ncc1F. The average molecular weight is 318 g/mol. The van der Waals surface area contributed by atoms with Gasteiger partial charge in [0.15, 0.2) is 11.6 Å². The van der Waals surface area contributed by atoms with E-state index in [1.54, 1.807) is 4.68 Å². The number of halogens is 1. The molecule has 0 spiro atoms. The number of nitrogens with zero attached hydrogens (tertiary/aromatic N) is 6. The molecule has 0 aliphatic carbocycles. The van der Waals surface area contributed by atoms with Gasteiger partial charge in [-0.25, -0.2) is 14.4 Å². The number of rotatable bonds is 4. The molecule has 0 unspecified atom stereocenters. The highest BCUT2D eigenvalue weighted by atomic mass is 19.1. The number of likely N-dealkylation sites (tertiary alicyclic amines) is 1. The summed E-state index contributed by atoms with van der Waals surface area (Å²) in [5.41, 5.74) is 0.750. The molecular formula is C15H19FN6O. The number of aryl methyl sites for hydroxylation is 1. The predicted molar refractivity (Wildman–Crippen MR) is 83.1 cm³/mol. The van der Waals surface area contributed by atoms with Crippen molar-refractivity contribution in [3.63, 3.8) is 0 Å². The van der Waals surface area contributed by atoms with Gasteiger partial charge in [0.2, 0.25) is 0 Å². The summed E-state index contributed by atoms with van der Waals surface area (Å²) in [7, 11) is 3.78. The number of aliphatic imine (C=N–C) groups is 1. The summed E-state index contributed by atoms with van der Waals surface area (Å²) in [6.07, 6.45) is 5.91. The highest BCUT2D eigenvalue weighted by Crippen LogP contribution is 2.20. The average Bonchev–Trinajstić information content (AvgIpc) is 2.96. The van der Waals surface area contributed by atoms with Crippen LogP contribution in [0, 0.1) is 5.82 Å². The van der Waals surface area contributed by atoms with Gasteiger partial charge in [-0.2, -0.15) is 10.1 Å². The number of hydrogen-bond donors (Lipinski definition) is 0. The van der Waals surface area contributed by atoms with Crippen molar-refractivity contribution in [2.45, 2.75) is 25.9 Å². The molecule has 2 aromatic heterocycles. The van der Waals surface area contributed by atoms with Crippen LogP contribution >= 0.6 is 0 Å². The van der Waals surface area contributed by atoms with Crippen LogP contribution in [-0.4, -0.2) is 44.1 Å². The second kappa shape index (κ2) is 6.72. The smallest absolute Gasteiger partial charge is 0.318 e. The van der Waals surface area contributed by atoms with Gasteiger partial charge in [-0.15, -0.1) is 0 Å². The Balaban J connectivity index is 1.74. The van der Waals surface area contributed by atoms with Gasteiger partial charge in [0, 0.05) is 33.3 Å². The van der Waals surface area contributed by atoms with Crippen molar-refractivity contribution in [1.29, 1.82) is 0 Å². The third kappa shape index (κ3) is 3.82. The molecule has 0 aromatic carbocycles. The maximum Gasteiger partial charge on any atom is 0.318 e. The van der Waals surface area contributed by atoms with Crippen molar-refractivity contribution in [2.75, 3.05) is 13.6 Å². The highest BCUT2D eigenvalue weighted by Gasteiger charge is 2.15. The van der Waals surface area contributed by atoms with Gasteiger partial charge in [0.05, 0.1) is 11.9 Å². The Morgan fingerprint density at radius 2 is 2.22 bits per heavy atom. The fourth-order valence-electron chi connectivity index (χ4n) is 2.38. The van der Waals surface area contributed by atoms with E-state index < -0.39 is 5.82 Å². The van der Waals surface area contributed by atoms with E-state index in [9.17, 15) is 4.39 Å². The molecule has 0 saturated carbocycles. The molecule has 2 aromatic rings. The molecule has 23 heavy (non-hydrogen) atoms. The predicted octanol–water partition coefficient (Wildman–Crippen LogP) is 2.07. The van der Waals surface area contributed by atoms with Crippen LogP contribution in [0.15, 0.2) is 23.5 Å². The minimum absolute atomic E-state index is 0.0137. The van der Waals surface area contributed by atoms with Crippen LogP contribution < -0.4 is 4.74 Å². The molecule has 3 rings (SSSR count). The van der Waals surface area contributed by atoms with E-state index >= 15 is 0 Å². The minimum atomic E-state index is -0.554. The van der Waals surface area contributed by atoms with Crippen LogP contribution in [0.3, 0.4) is 0 Å². The van der Waals surface area contributed by atoms with E-state index in [-0.39, 0.29) is 18.4 Å². The molecule has 3 heterocycles. The molecule has 1 saturated heterocycles. The summed E-state index contributed by atoms with van der Waals surface area (Å²) >= 11 is 0. The second-order valence-electron chi connectivity index (χ2n) is 5.50. The fraction of sp³-hybridized carbons (Fsp3) is 0.467. The molecule has 0 radical (unpaired) electrons. The second-order valence-corrected chi connectivity index (χ2v) is 5.50. The van der Waals surface area contributed by atoms with Gasteiger partial charge >= 0.3 is 6.01 Å². The van der Waals surface area contributed by atoms with E-state index in [4.69, 9.17) is 4.74 Å². The van der Waals surface area contributed by atoms with Crippen molar-refractivity contribution < 1.29 is 9.13 Å². The van der Waals surface area contributed by atoms with Crippen LogP contribution in [0.1, 0.15) is 25.0 Å². The van der Waals surface area contributed by atoms with Crippen molar-refractivity contribution >= 4 is 11.7 Å². The third-order valence-corrected chi connectivity index (χ3v) is 3.64. The van der Waals surface area contributed by atoms with Crippen LogP contribution in [0.25, 0.3) is 0 Å². The van der Waals surface area contributed by atoms with E-state index in [1.165, 1.54) is 0 Å². The van der Waals surface area contributed by atoms with E-state index in [0.29, 0.717) is 0 Å². The quantitative estimate of drug-likeness (QED) is 0.863. The van der Waals surface area contributed by atoms with Gasteiger partial charge < -0.3 is 9.64 Å². The third-order valence-electron chi connectivity index (χ3n) is 3.64. The van der Waals surface area contributed by atoms with Gasteiger partial charge in [-0.1, -0.05) is 0 Å². The summed E-state index contributed by atoms with van der Waals surface area (Å²) in [5, 5.41) is 4.20. The van der Waals surface area contributed by atoms with Crippen LogP contribution in [0.4, 0.5) is 10.2 Å².